The lowest BCUT2D eigenvalue weighted by molar-refractivity contribution is -0.140. The summed E-state index contributed by atoms with van der Waals surface area (Å²) in [7, 11) is 3.01. The second-order valence-corrected chi connectivity index (χ2v) is 2.66. The van der Waals surface area contributed by atoms with Gasteiger partial charge in [0.1, 0.15) is 0 Å². The van der Waals surface area contributed by atoms with Crippen LogP contribution in [0.1, 0.15) is 19.3 Å². The number of hydrogen-bond acceptors (Lipinski definition) is 4. The first kappa shape index (κ1) is 11.4. The number of carbonyl (C=O) groups is 1. The van der Waals surface area contributed by atoms with Crippen LogP contribution >= 0.6 is 0 Å². The van der Waals surface area contributed by atoms with Crippen LogP contribution in [0.5, 0.6) is 0 Å². The van der Waals surface area contributed by atoms with E-state index in [-0.39, 0.29) is 12.0 Å². The molecule has 72 valence electrons. The van der Waals surface area contributed by atoms with E-state index in [1.54, 1.807) is 7.11 Å². The Morgan fingerprint density at radius 2 is 2.08 bits per heavy atom. The Labute approximate surface area is 73.0 Å². The minimum atomic E-state index is -0.206. The molecule has 0 aromatic rings. The SMILES string of the molecule is COCCC(N)CCC(=O)OC. The zero-order chi connectivity index (χ0) is 9.40. The monoisotopic (exact) mass is 175 g/mol. The number of nitrogens with two attached hydrogens (primary N) is 1. The molecule has 0 aromatic carbocycles. The van der Waals surface area contributed by atoms with Crippen molar-refractivity contribution in [1.82, 2.24) is 0 Å². The fraction of sp³-hybridized carbons (Fsp3) is 0.875. The van der Waals surface area contributed by atoms with Gasteiger partial charge in [-0.3, -0.25) is 4.79 Å². The summed E-state index contributed by atoms with van der Waals surface area (Å²) in [5.74, 6) is -0.206. The van der Waals surface area contributed by atoms with E-state index in [1.165, 1.54) is 7.11 Å². The van der Waals surface area contributed by atoms with Crippen LogP contribution in [0, 0.1) is 0 Å². The second-order valence-electron chi connectivity index (χ2n) is 2.66. The van der Waals surface area contributed by atoms with Gasteiger partial charge >= 0.3 is 5.97 Å². The van der Waals surface area contributed by atoms with Crippen LogP contribution < -0.4 is 5.73 Å². The Bertz CT molecular complexity index is 127. The van der Waals surface area contributed by atoms with Crippen LogP contribution in [0.4, 0.5) is 0 Å². The highest BCUT2D eigenvalue weighted by molar-refractivity contribution is 5.69. The van der Waals surface area contributed by atoms with Gasteiger partial charge < -0.3 is 15.2 Å². The van der Waals surface area contributed by atoms with Crippen LogP contribution in [0.25, 0.3) is 0 Å². The van der Waals surface area contributed by atoms with Crippen molar-refractivity contribution in [1.29, 1.82) is 0 Å². The molecule has 0 spiro atoms. The maximum absolute atomic E-state index is 10.7. The van der Waals surface area contributed by atoms with Crippen molar-refractivity contribution in [3.05, 3.63) is 0 Å². The highest BCUT2D eigenvalue weighted by atomic mass is 16.5. The molecule has 1 unspecified atom stereocenters. The predicted molar refractivity (Wildman–Crippen MR) is 45.7 cm³/mol. The number of ether oxygens (including phenoxy) is 2. The van der Waals surface area contributed by atoms with E-state index < -0.39 is 0 Å². The molecule has 0 aliphatic rings. The van der Waals surface area contributed by atoms with Gasteiger partial charge in [-0.15, -0.1) is 0 Å². The highest BCUT2D eigenvalue weighted by Gasteiger charge is 2.06. The molecular formula is C8H17NO3. The molecule has 2 N–H and O–H groups in total. The van der Waals surface area contributed by atoms with Gasteiger partial charge in [0, 0.05) is 26.2 Å². The van der Waals surface area contributed by atoms with Crippen molar-refractivity contribution in [2.45, 2.75) is 25.3 Å². The molecule has 0 aromatic heterocycles. The van der Waals surface area contributed by atoms with Crippen LogP contribution in [0.2, 0.25) is 0 Å². The smallest absolute Gasteiger partial charge is 0.305 e. The minimum absolute atomic E-state index is 0.0315. The molecule has 1 atom stereocenters. The van der Waals surface area contributed by atoms with E-state index in [4.69, 9.17) is 10.5 Å². The maximum Gasteiger partial charge on any atom is 0.305 e. The Morgan fingerprint density at radius 3 is 2.58 bits per heavy atom. The van der Waals surface area contributed by atoms with Crippen LogP contribution in [0.15, 0.2) is 0 Å². The Hall–Kier alpha value is -0.610. The van der Waals surface area contributed by atoms with Crippen molar-refractivity contribution in [2.75, 3.05) is 20.8 Å². The number of methoxy groups -OCH3 is 2. The first-order valence-electron chi connectivity index (χ1n) is 4.02. The molecule has 0 aliphatic heterocycles. The van der Waals surface area contributed by atoms with Crippen molar-refractivity contribution in [3.63, 3.8) is 0 Å². The average molecular weight is 175 g/mol. The summed E-state index contributed by atoms with van der Waals surface area (Å²) in [5.41, 5.74) is 5.67. The summed E-state index contributed by atoms with van der Waals surface area (Å²) in [5, 5.41) is 0. The van der Waals surface area contributed by atoms with Gasteiger partial charge in [0.2, 0.25) is 0 Å². The summed E-state index contributed by atoms with van der Waals surface area (Å²) < 4.78 is 9.33. The third kappa shape index (κ3) is 6.12. The fourth-order valence-electron chi connectivity index (χ4n) is 0.819. The number of hydrogen-bond donors (Lipinski definition) is 1. The predicted octanol–water partition coefficient (Wildman–Crippen LogP) is 0.303. The van der Waals surface area contributed by atoms with E-state index in [0.717, 1.165) is 6.42 Å². The molecule has 0 bridgehead atoms. The molecule has 0 rings (SSSR count). The van der Waals surface area contributed by atoms with E-state index in [1.807, 2.05) is 0 Å². The molecule has 0 heterocycles. The Balaban J connectivity index is 3.30. The molecule has 0 saturated carbocycles. The Morgan fingerprint density at radius 1 is 1.42 bits per heavy atom. The normalized spacial score (nSPS) is 12.6. The van der Waals surface area contributed by atoms with E-state index >= 15 is 0 Å². The maximum atomic E-state index is 10.7. The first-order valence-corrected chi connectivity index (χ1v) is 4.02. The molecule has 0 amide bonds. The Kier molecular flexibility index (Phi) is 6.70. The number of rotatable bonds is 6. The molecule has 4 nitrogen and oxygen atoms in total. The zero-order valence-corrected chi connectivity index (χ0v) is 7.71. The third-order valence-corrected chi connectivity index (χ3v) is 1.64. The van der Waals surface area contributed by atoms with Gasteiger partial charge in [-0.1, -0.05) is 0 Å². The molecular weight excluding hydrogens is 158 g/mol. The van der Waals surface area contributed by atoms with Gasteiger partial charge in [-0.2, -0.15) is 0 Å². The summed E-state index contributed by atoms with van der Waals surface area (Å²) in [4.78, 5) is 10.7. The molecule has 0 aliphatic carbocycles. The fourth-order valence-corrected chi connectivity index (χ4v) is 0.819. The van der Waals surface area contributed by atoms with Crippen molar-refractivity contribution in [2.24, 2.45) is 5.73 Å². The molecule has 0 saturated heterocycles. The summed E-state index contributed by atoms with van der Waals surface area (Å²) >= 11 is 0. The van der Waals surface area contributed by atoms with E-state index in [2.05, 4.69) is 4.74 Å². The average Bonchev–Trinajstić information content (AvgIpc) is 2.10. The molecule has 12 heavy (non-hydrogen) atoms. The largest absolute Gasteiger partial charge is 0.469 e. The standard InChI is InChI=1S/C8H17NO3/c1-11-6-5-7(9)3-4-8(10)12-2/h7H,3-6,9H2,1-2H3. The molecule has 4 heteroatoms. The van der Waals surface area contributed by atoms with Crippen molar-refractivity contribution in [3.8, 4) is 0 Å². The van der Waals surface area contributed by atoms with Crippen LogP contribution in [0.3, 0.4) is 0 Å². The topological polar surface area (TPSA) is 61.5 Å². The third-order valence-electron chi connectivity index (χ3n) is 1.64. The summed E-state index contributed by atoms with van der Waals surface area (Å²) in [6.07, 6.45) is 1.84. The minimum Gasteiger partial charge on any atom is -0.469 e. The molecule has 0 radical (unpaired) electrons. The number of carbonyl (C=O) groups excluding carboxylic acids is 1. The van der Waals surface area contributed by atoms with Crippen molar-refractivity contribution < 1.29 is 14.3 Å². The lowest BCUT2D eigenvalue weighted by Gasteiger charge is -2.09. The lowest BCUT2D eigenvalue weighted by atomic mass is 10.1. The highest BCUT2D eigenvalue weighted by Crippen LogP contribution is 2.00. The lowest BCUT2D eigenvalue weighted by Crippen LogP contribution is -2.23. The van der Waals surface area contributed by atoms with Crippen LogP contribution in [-0.4, -0.2) is 32.8 Å². The quantitative estimate of drug-likeness (QED) is 0.590. The van der Waals surface area contributed by atoms with E-state index in [0.29, 0.717) is 19.4 Å². The second kappa shape index (κ2) is 7.06. The first-order chi connectivity index (χ1) is 5.70. The van der Waals surface area contributed by atoms with Gasteiger partial charge in [0.15, 0.2) is 0 Å². The van der Waals surface area contributed by atoms with E-state index in [9.17, 15) is 4.79 Å². The van der Waals surface area contributed by atoms with Gasteiger partial charge in [0.25, 0.3) is 0 Å². The number of esters is 1. The summed E-state index contributed by atoms with van der Waals surface area (Å²) in [6, 6.07) is 0.0315. The zero-order valence-electron chi connectivity index (χ0n) is 7.71. The summed E-state index contributed by atoms with van der Waals surface area (Å²) in [6.45, 7) is 0.641. The van der Waals surface area contributed by atoms with Gasteiger partial charge in [0.05, 0.1) is 7.11 Å². The molecule has 0 fully saturated rings. The van der Waals surface area contributed by atoms with Crippen molar-refractivity contribution >= 4 is 5.97 Å². The van der Waals surface area contributed by atoms with Crippen LogP contribution in [-0.2, 0) is 14.3 Å². The van der Waals surface area contributed by atoms with Gasteiger partial charge in [-0.25, -0.2) is 0 Å². The van der Waals surface area contributed by atoms with Gasteiger partial charge in [-0.05, 0) is 12.8 Å².